The SMILES string of the molecule is CCCC1CC1(N)CCOC. The van der Waals surface area contributed by atoms with Crippen LogP contribution in [-0.2, 0) is 4.74 Å². The van der Waals surface area contributed by atoms with Gasteiger partial charge in [0.1, 0.15) is 0 Å². The van der Waals surface area contributed by atoms with Crippen LogP contribution in [0, 0.1) is 5.92 Å². The van der Waals surface area contributed by atoms with Gasteiger partial charge >= 0.3 is 0 Å². The average molecular weight is 157 g/mol. The lowest BCUT2D eigenvalue weighted by atomic mass is 10.1. The Kier molecular flexibility index (Phi) is 2.90. The van der Waals surface area contributed by atoms with Crippen LogP contribution >= 0.6 is 0 Å². The van der Waals surface area contributed by atoms with Crippen molar-refractivity contribution < 1.29 is 4.74 Å². The van der Waals surface area contributed by atoms with E-state index in [9.17, 15) is 0 Å². The Balaban J connectivity index is 2.14. The standard InChI is InChI=1S/C9H19NO/c1-3-4-8-7-9(8,10)5-6-11-2/h8H,3-7,10H2,1-2H3. The molecule has 2 unspecified atom stereocenters. The minimum Gasteiger partial charge on any atom is -0.385 e. The molecule has 0 aromatic carbocycles. The van der Waals surface area contributed by atoms with Crippen LogP contribution < -0.4 is 5.73 Å². The maximum atomic E-state index is 6.08. The molecule has 2 heteroatoms. The molecule has 0 heterocycles. The second-order valence-electron chi connectivity index (χ2n) is 3.67. The number of ether oxygens (including phenoxy) is 1. The van der Waals surface area contributed by atoms with Crippen LogP contribution in [0.4, 0.5) is 0 Å². The Labute approximate surface area is 69.1 Å². The first kappa shape index (κ1) is 9.01. The Morgan fingerprint density at radius 2 is 2.36 bits per heavy atom. The summed E-state index contributed by atoms with van der Waals surface area (Å²) >= 11 is 0. The zero-order valence-electron chi connectivity index (χ0n) is 7.60. The second-order valence-corrected chi connectivity index (χ2v) is 3.67. The van der Waals surface area contributed by atoms with Gasteiger partial charge in [0.05, 0.1) is 0 Å². The van der Waals surface area contributed by atoms with Crippen molar-refractivity contribution in [3.63, 3.8) is 0 Å². The number of rotatable bonds is 5. The Hall–Kier alpha value is -0.0800. The van der Waals surface area contributed by atoms with E-state index in [4.69, 9.17) is 10.5 Å². The predicted octanol–water partition coefficient (Wildman–Crippen LogP) is 1.54. The highest BCUT2D eigenvalue weighted by molar-refractivity contribution is 5.06. The number of hydrogen-bond acceptors (Lipinski definition) is 2. The molecule has 11 heavy (non-hydrogen) atoms. The highest BCUT2D eigenvalue weighted by Crippen LogP contribution is 2.46. The highest BCUT2D eigenvalue weighted by atomic mass is 16.5. The Morgan fingerprint density at radius 3 is 2.91 bits per heavy atom. The zero-order valence-corrected chi connectivity index (χ0v) is 7.60. The molecular formula is C9H19NO. The van der Waals surface area contributed by atoms with E-state index >= 15 is 0 Å². The number of hydrogen-bond donors (Lipinski definition) is 1. The summed E-state index contributed by atoms with van der Waals surface area (Å²) in [5.74, 6) is 0.780. The number of methoxy groups -OCH3 is 1. The maximum absolute atomic E-state index is 6.08. The molecular weight excluding hydrogens is 138 g/mol. The molecule has 0 radical (unpaired) electrons. The van der Waals surface area contributed by atoms with Crippen LogP contribution in [0.2, 0.25) is 0 Å². The van der Waals surface area contributed by atoms with Gasteiger partial charge < -0.3 is 10.5 Å². The third-order valence-corrected chi connectivity index (χ3v) is 2.69. The molecule has 0 aromatic heterocycles. The molecule has 0 aromatic rings. The monoisotopic (exact) mass is 157 g/mol. The van der Waals surface area contributed by atoms with Gasteiger partial charge in [-0.25, -0.2) is 0 Å². The van der Waals surface area contributed by atoms with E-state index in [2.05, 4.69) is 6.92 Å². The van der Waals surface area contributed by atoms with Crippen molar-refractivity contribution in [2.45, 2.75) is 38.1 Å². The van der Waals surface area contributed by atoms with Crippen molar-refractivity contribution in [2.75, 3.05) is 13.7 Å². The molecule has 2 N–H and O–H groups in total. The minimum atomic E-state index is 0.145. The smallest absolute Gasteiger partial charge is 0.0479 e. The summed E-state index contributed by atoms with van der Waals surface area (Å²) in [6.45, 7) is 3.03. The molecule has 1 fully saturated rings. The summed E-state index contributed by atoms with van der Waals surface area (Å²) in [5.41, 5.74) is 6.23. The fraction of sp³-hybridized carbons (Fsp3) is 1.00. The van der Waals surface area contributed by atoms with Crippen molar-refractivity contribution in [1.29, 1.82) is 0 Å². The number of nitrogens with two attached hydrogens (primary N) is 1. The van der Waals surface area contributed by atoms with E-state index in [1.54, 1.807) is 7.11 Å². The summed E-state index contributed by atoms with van der Waals surface area (Å²) in [5, 5.41) is 0. The van der Waals surface area contributed by atoms with E-state index in [0.717, 1.165) is 18.9 Å². The molecule has 0 bridgehead atoms. The molecule has 0 amide bonds. The van der Waals surface area contributed by atoms with Crippen molar-refractivity contribution in [3.8, 4) is 0 Å². The van der Waals surface area contributed by atoms with Crippen molar-refractivity contribution in [2.24, 2.45) is 11.7 Å². The molecule has 1 rings (SSSR count). The maximum Gasteiger partial charge on any atom is 0.0479 e. The Morgan fingerprint density at radius 1 is 1.64 bits per heavy atom. The fourth-order valence-corrected chi connectivity index (χ4v) is 1.74. The van der Waals surface area contributed by atoms with Gasteiger partial charge in [0.2, 0.25) is 0 Å². The highest BCUT2D eigenvalue weighted by Gasteiger charge is 2.49. The van der Waals surface area contributed by atoms with Crippen LogP contribution in [0.3, 0.4) is 0 Å². The first-order valence-corrected chi connectivity index (χ1v) is 4.50. The molecule has 1 aliphatic carbocycles. The van der Waals surface area contributed by atoms with E-state index in [1.807, 2.05) is 0 Å². The minimum absolute atomic E-state index is 0.145. The summed E-state index contributed by atoms with van der Waals surface area (Å²) in [7, 11) is 1.74. The quantitative estimate of drug-likeness (QED) is 0.657. The van der Waals surface area contributed by atoms with E-state index < -0.39 is 0 Å². The van der Waals surface area contributed by atoms with Crippen molar-refractivity contribution >= 4 is 0 Å². The van der Waals surface area contributed by atoms with Crippen molar-refractivity contribution in [3.05, 3.63) is 0 Å². The van der Waals surface area contributed by atoms with Gasteiger partial charge in [-0.1, -0.05) is 13.3 Å². The molecule has 0 saturated heterocycles. The van der Waals surface area contributed by atoms with Gasteiger partial charge in [-0.2, -0.15) is 0 Å². The lowest BCUT2D eigenvalue weighted by Crippen LogP contribution is -2.26. The van der Waals surface area contributed by atoms with Crippen LogP contribution in [-0.4, -0.2) is 19.3 Å². The lowest BCUT2D eigenvalue weighted by Gasteiger charge is -2.09. The molecule has 2 nitrogen and oxygen atoms in total. The van der Waals surface area contributed by atoms with Crippen molar-refractivity contribution in [1.82, 2.24) is 0 Å². The average Bonchev–Trinajstić information content (AvgIpc) is 2.60. The first-order valence-electron chi connectivity index (χ1n) is 4.50. The summed E-state index contributed by atoms with van der Waals surface area (Å²) in [4.78, 5) is 0. The van der Waals surface area contributed by atoms with Crippen LogP contribution in [0.5, 0.6) is 0 Å². The molecule has 0 aliphatic heterocycles. The normalized spacial score (nSPS) is 35.7. The van der Waals surface area contributed by atoms with Crippen LogP contribution in [0.15, 0.2) is 0 Å². The predicted molar refractivity (Wildman–Crippen MR) is 46.4 cm³/mol. The topological polar surface area (TPSA) is 35.2 Å². The largest absolute Gasteiger partial charge is 0.385 e. The van der Waals surface area contributed by atoms with Gasteiger partial charge in [0, 0.05) is 19.3 Å². The van der Waals surface area contributed by atoms with Gasteiger partial charge in [0.15, 0.2) is 0 Å². The summed E-state index contributed by atoms with van der Waals surface area (Å²) < 4.78 is 5.00. The fourth-order valence-electron chi connectivity index (χ4n) is 1.74. The Bertz CT molecular complexity index is 127. The van der Waals surface area contributed by atoms with E-state index in [1.165, 1.54) is 19.3 Å². The molecule has 2 atom stereocenters. The summed E-state index contributed by atoms with van der Waals surface area (Å²) in [6.07, 6.45) is 4.80. The van der Waals surface area contributed by atoms with Gasteiger partial charge in [-0.05, 0) is 25.2 Å². The van der Waals surface area contributed by atoms with E-state index in [-0.39, 0.29) is 5.54 Å². The lowest BCUT2D eigenvalue weighted by molar-refractivity contribution is 0.183. The molecule has 0 spiro atoms. The first-order chi connectivity index (χ1) is 5.23. The second kappa shape index (κ2) is 3.55. The third-order valence-electron chi connectivity index (χ3n) is 2.69. The van der Waals surface area contributed by atoms with Gasteiger partial charge in [-0.3, -0.25) is 0 Å². The zero-order chi connectivity index (χ0) is 8.32. The van der Waals surface area contributed by atoms with Gasteiger partial charge in [-0.15, -0.1) is 0 Å². The molecule has 66 valence electrons. The molecule has 1 saturated carbocycles. The van der Waals surface area contributed by atoms with Crippen LogP contribution in [0.25, 0.3) is 0 Å². The van der Waals surface area contributed by atoms with Crippen LogP contribution in [0.1, 0.15) is 32.6 Å². The third kappa shape index (κ3) is 2.17. The van der Waals surface area contributed by atoms with E-state index in [0.29, 0.717) is 0 Å². The molecule has 1 aliphatic rings. The van der Waals surface area contributed by atoms with Gasteiger partial charge in [0.25, 0.3) is 0 Å². The summed E-state index contributed by atoms with van der Waals surface area (Å²) in [6, 6.07) is 0.